The molecule has 1 aromatic carbocycles. The maximum atomic E-state index is 10.5. The molecule has 0 fully saturated rings. The Labute approximate surface area is 82.9 Å². The first-order valence-electron chi connectivity index (χ1n) is 4.56. The molecular weight excluding hydrogens is 180 g/mol. The molecule has 0 radical (unpaired) electrons. The van der Waals surface area contributed by atoms with Crippen molar-refractivity contribution in [1.29, 1.82) is 0 Å². The third-order valence-corrected chi connectivity index (χ3v) is 2.29. The van der Waals surface area contributed by atoms with Crippen LogP contribution in [-0.4, -0.2) is 4.92 Å². The molecule has 76 valence electrons. The van der Waals surface area contributed by atoms with Crippen molar-refractivity contribution in [1.82, 2.24) is 0 Å². The van der Waals surface area contributed by atoms with Gasteiger partial charge in [-0.1, -0.05) is 13.0 Å². The molecule has 1 aromatic rings. The number of hydrogen-bond donors (Lipinski definition) is 1. The van der Waals surface area contributed by atoms with Crippen LogP contribution in [0.25, 0.3) is 0 Å². The van der Waals surface area contributed by atoms with Gasteiger partial charge in [0.25, 0.3) is 5.69 Å². The van der Waals surface area contributed by atoms with Crippen molar-refractivity contribution in [3.05, 3.63) is 39.4 Å². The smallest absolute Gasteiger partial charge is 0.272 e. The van der Waals surface area contributed by atoms with Gasteiger partial charge in [-0.05, 0) is 25.0 Å². The summed E-state index contributed by atoms with van der Waals surface area (Å²) in [6.45, 7) is 3.71. The maximum absolute atomic E-state index is 10.5. The van der Waals surface area contributed by atoms with E-state index >= 15 is 0 Å². The summed E-state index contributed by atoms with van der Waals surface area (Å²) in [4.78, 5) is 10.2. The molecule has 0 saturated heterocycles. The predicted octanol–water partition coefficient (Wildman–Crippen LogP) is 2.31. The summed E-state index contributed by atoms with van der Waals surface area (Å²) in [5, 5.41) is 10.5. The number of nitro groups is 1. The number of nitrogens with zero attached hydrogens (tertiary/aromatic N) is 1. The average Bonchev–Trinajstić information content (AvgIpc) is 2.15. The van der Waals surface area contributed by atoms with E-state index < -0.39 is 0 Å². The monoisotopic (exact) mass is 194 g/mol. The number of benzene rings is 1. The Morgan fingerprint density at radius 1 is 1.57 bits per heavy atom. The summed E-state index contributed by atoms with van der Waals surface area (Å²) in [5.74, 6) is 0. The van der Waals surface area contributed by atoms with Crippen molar-refractivity contribution in [2.45, 2.75) is 26.3 Å². The van der Waals surface area contributed by atoms with Crippen molar-refractivity contribution in [2.24, 2.45) is 5.73 Å². The normalized spacial score (nSPS) is 12.5. The SMILES string of the molecule is CC[C@@H](N)c1ccc([N+](=O)[O-])c(C)c1. The molecule has 0 amide bonds. The lowest BCUT2D eigenvalue weighted by molar-refractivity contribution is -0.385. The van der Waals surface area contributed by atoms with Crippen LogP contribution in [0.5, 0.6) is 0 Å². The highest BCUT2D eigenvalue weighted by molar-refractivity contribution is 5.42. The molecule has 4 heteroatoms. The highest BCUT2D eigenvalue weighted by Gasteiger charge is 2.12. The summed E-state index contributed by atoms with van der Waals surface area (Å²) < 4.78 is 0. The van der Waals surface area contributed by atoms with Crippen LogP contribution in [0.1, 0.15) is 30.5 Å². The van der Waals surface area contributed by atoms with Crippen molar-refractivity contribution in [2.75, 3.05) is 0 Å². The van der Waals surface area contributed by atoms with Crippen LogP contribution < -0.4 is 5.73 Å². The van der Waals surface area contributed by atoms with Crippen LogP contribution in [0.4, 0.5) is 5.69 Å². The van der Waals surface area contributed by atoms with Crippen molar-refractivity contribution in [3.8, 4) is 0 Å². The highest BCUT2D eigenvalue weighted by atomic mass is 16.6. The van der Waals surface area contributed by atoms with Gasteiger partial charge in [0.15, 0.2) is 0 Å². The van der Waals surface area contributed by atoms with Crippen LogP contribution in [0, 0.1) is 17.0 Å². The van der Waals surface area contributed by atoms with Gasteiger partial charge in [0.1, 0.15) is 0 Å². The van der Waals surface area contributed by atoms with Gasteiger partial charge < -0.3 is 5.73 Å². The Morgan fingerprint density at radius 3 is 2.64 bits per heavy atom. The number of aryl methyl sites for hydroxylation is 1. The van der Waals surface area contributed by atoms with Crippen LogP contribution in [0.2, 0.25) is 0 Å². The van der Waals surface area contributed by atoms with Gasteiger partial charge >= 0.3 is 0 Å². The molecule has 1 rings (SSSR count). The Bertz CT molecular complexity index is 350. The van der Waals surface area contributed by atoms with Gasteiger partial charge in [0.05, 0.1) is 4.92 Å². The summed E-state index contributed by atoms with van der Waals surface area (Å²) in [6, 6.07) is 4.99. The molecule has 0 aliphatic rings. The fourth-order valence-corrected chi connectivity index (χ4v) is 1.35. The van der Waals surface area contributed by atoms with Gasteiger partial charge in [-0.15, -0.1) is 0 Å². The van der Waals surface area contributed by atoms with E-state index in [0.29, 0.717) is 5.56 Å². The fraction of sp³-hybridized carbons (Fsp3) is 0.400. The second-order valence-electron chi connectivity index (χ2n) is 3.32. The predicted molar refractivity (Wildman–Crippen MR) is 55.1 cm³/mol. The summed E-state index contributed by atoms with van der Waals surface area (Å²) in [7, 11) is 0. The summed E-state index contributed by atoms with van der Waals surface area (Å²) in [5.41, 5.74) is 7.59. The molecule has 14 heavy (non-hydrogen) atoms. The average molecular weight is 194 g/mol. The third-order valence-electron chi connectivity index (χ3n) is 2.29. The Morgan fingerprint density at radius 2 is 2.21 bits per heavy atom. The zero-order chi connectivity index (χ0) is 10.7. The van der Waals surface area contributed by atoms with E-state index in [2.05, 4.69) is 0 Å². The maximum Gasteiger partial charge on any atom is 0.272 e. The number of hydrogen-bond acceptors (Lipinski definition) is 3. The summed E-state index contributed by atoms with van der Waals surface area (Å²) in [6.07, 6.45) is 0.831. The Balaban J connectivity index is 3.06. The van der Waals surface area contributed by atoms with E-state index in [4.69, 9.17) is 5.73 Å². The van der Waals surface area contributed by atoms with Crippen molar-refractivity contribution < 1.29 is 4.92 Å². The molecule has 0 aliphatic heterocycles. The molecule has 0 aliphatic carbocycles. The van der Waals surface area contributed by atoms with E-state index in [9.17, 15) is 10.1 Å². The quantitative estimate of drug-likeness (QED) is 0.593. The molecule has 0 heterocycles. The molecule has 0 bridgehead atoms. The van der Waals surface area contributed by atoms with Gasteiger partial charge in [-0.3, -0.25) is 10.1 Å². The van der Waals surface area contributed by atoms with E-state index in [1.54, 1.807) is 19.1 Å². The summed E-state index contributed by atoms with van der Waals surface area (Å²) >= 11 is 0. The molecular formula is C10H14N2O2. The van der Waals surface area contributed by atoms with Crippen LogP contribution in [0.3, 0.4) is 0 Å². The first kappa shape index (κ1) is 10.7. The second kappa shape index (κ2) is 4.19. The number of rotatable bonds is 3. The topological polar surface area (TPSA) is 69.2 Å². The van der Waals surface area contributed by atoms with E-state index in [-0.39, 0.29) is 16.7 Å². The van der Waals surface area contributed by atoms with Gasteiger partial charge in [-0.2, -0.15) is 0 Å². The molecule has 4 nitrogen and oxygen atoms in total. The van der Waals surface area contributed by atoms with Crippen LogP contribution in [-0.2, 0) is 0 Å². The lowest BCUT2D eigenvalue weighted by atomic mass is 10.0. The zero-order valence-corrected chi connectivity index (χ0v) is 8.36. The van der Waals surface area contributed by atoms with E-state index in [1.165, 1.54) is 6.07 Å². The van der Waals surface area contributed by atoms with Crippen LogP contribution >= 0.6 is 0 Å². The van der Waals surface area contributed by atoms with E-state index in [0.717, 1.165) is 12.0 Å². The lowest BCUT2D eigenvalue weighted by Crippen LogP contribution is -2.08. The fourth-order valence-electron chi connectivity index (χ4n) is 1.35. The minimum Gasteiger partial charge on any atom is -0.324 e. The lowest BCUT2D eigenvalue weighted by Gasteiger charge is -2.09. The molecule has 2 N–H and O–H groups in total. The highest BCUT2D eigenvalue weighted by Crippen LogP contribution is 2.22. The first-order valence-corrected chi connectivity index (χ1v) is 4.56. The largest absolute Gasteiger partial charge is 0.324 e. The van der Waals surface area contributed by atoms with Crippen molar-refractivity contribution >= 4 is 5.69 Å². The Kier molecular flexibility index (Phi) is 3.19. The zero-order valence-electron chi connectivity index (χ0n) is 8.36. The molecule has 0 spiro atoms. The minimum absolute atomic E-state index is 0.0329. The van der Waals surface area contributed by atoms with Gasteiger partial charge in [-0.25, -0.2) is 0 Å². The molecule has 1 atom stereocenters. The van der Waals surface area contributed by atoms with E-state index in [1.807, 2.05) is 6.92 Å². The minimum atomic E-state index is -0.378. The number of nitrogens with two attached hydrogens (primary N) is 1. The second-order valence-corrected chi connectivity index (χ2v) is 3.32. The van der Waals surface area contributed by atoms with Gasteiger partial charge in [0, 0.05) is 17.7 Å². The van der Waals surface area contributed by atoms with Gasteiger partial charge in [0.2, 0.25) is 0 Å². The molecule has 0 unspecified atom stereocenters. The van der Waals surface area contributed by atoms with Crippen LogP contribution in [0.15, 0.2) is 18.2 Å². The standard InChI is InChI=1S/C10H14N2O2/c1-3-9(11)8-4-5-10(12(13)14)7(2)6-8/h4-6,9H,3,11H2,1-2H3/t9-/m1/s1. The third kappa shape index (κ3) is 2.09. The van der Waals surface area contributed by atoms with Crippen molar-refractivity contribution in [3.63, 3.8) is 0 Å². The Hall–Kier alpha value is -1.42. The molecule has 0 aromatic heterocycles. The first-order chi connectivity index (χ1) is 6.56. The molecule has 0 saturated carbocycles. The number of nitro benzene ring substituents is 1.